The van der Waals surface area contributed by atoms with Crippen LogP contribution >= 0.6 is 12.4 Å². The highest BCUT2D eigenvalue weighted by Crippen LogP contribution is 2.25. The van der Waals surface area contributed by atoms with Gasteiger partial charge in [-0.15, -0.1) is 12.4 Å². The van der Waals surface area contributed by atoms with Crippen molar-refractivity contribution < 1.29 is 14.1 Å². The molecule has 2 rings (SSSR count). The van der Waals surface area contributed by atoms with E-state index in [1.165, 1.54) is 6.92 Å². The molecule has 0 spiro atoms. The number of hydrogen-bond acceptors (Lipinski definition) is 4. The van der Waals surface area contributed by atoms with Gasteiger partial charge >= 0.3 is 0 Å². The van der Waals surface area contributed by atoms with Crippen molar-refractivity contribution in [3.8, 4) is 0 Å². The Morgan fingerprint density at radius 3 is 2.50 bits per heavy atom. The number of hydrogen-bond donors (Lipinski definition) is 2. The zero-order valence-corrected chi connectivity index (χ0v) is 13.0. The third-order valence-corrected chi connectivity index (χ3v) is 3.80. The van der Waals surface area contributed by atoms with Crippen LogP contribution in [-0.4, -0.2) is 22.9 Å². The average Bonchev–Trinajstić information content (AvgIpc) is 2.39. The van der Waals surface area contributed by atoms with Crippen LogP contribution in [-0.2, 0) is 0 Å². The second-order valence-electron chi connectivity index (χ2n) is 5.46. The van der Waals surface area contributed by atoms with Crippen LogP contribution < -0.4 is 11.1 Å². The SMILES string of the molecule is Cc1cc(F)cc(C(=O)NC2CCC(N)CC2)c1[N+](=O)[O-].Cl. The zero-order valence-electron chi connectivity index (χ0n) is 12.2. The standard InChI is InChI=1S/C14H18FN3O3.ClH/c1-8-6-9(15)7-12(13(8)18(20)21)14(19)17-11-4-2-10(16)3-5-11;/h6-7,10-11H,2-5,16H2,1H3,(H,17,19);1H. The van der Waals surface area contributed by atoms with Crippen LogP contribution in [0.15, 0.2) is 12.1 Å². The normalized spacial score (nSPS) is 20.9. The van der Waals surface area contributed by atoms with Gasteiger partial charge in [-0.3, -0.25) is 14.9 Å². The maximum Gasteiger partial charge on any atom is 0.285 e. The summed E-state index contributed by atoms with van der Waals surface area (Å²) in [5, 5.41) is 13.8. The molecule has 0 atom stereocenters. The number of carbonyl (C=O) groups excluding carboxylic acids is 1. The average molecular weight is 332 g/mol. The van der Waals surface area contributed by atoms with Crippen LogP contribution in [0.25, 0.3) is 0 Å². The minimum atomic E-state index is -0.658. The van der Waals surface area contributed by atoms with Crippen LogP contribution in [0.5, 0.6) is 0 Å². The molecule has 0 unspecified atom stereocenters. The monoisotopic (exact) mass is 331 g/mol. The molecule has 1 aliphatic carbocycles. The van der Waals surface area contributed by atoms with Gasteiger partial charge in [-0.25, -0.2) is 4.39 Å². The molecule has 0 aromatic heterocycles. The van der Waals surface area contributed by atoms with Gasteiger partial charge in [0.1, 0.15) is 11.4 Å². The third-order valence-electron chi connectivity index (χ3n) is 3.80. The fourth-order valence-corrected chi connectivity index (χ4v) is 2.68. The molecule has 0 radical (unpaired) electrons. The van der Waals surface area contributed by atoms with Crippen molar-refractivity contribution in [2.24, 2.45) is 5.73 Å². The first-order valence-electron chi connectivity index (χ1n) is 6.89. The maximum absolute atomic E-state index is 13.4. The van der Waals surface area contributed by atoms with E-state index >= 15 is 0 Å². The van der Waals surface area contributed by atoms with Crippen molar-refractivity contribution in [1.29, 1.82) is 0 Å². The lowest BCUT2D eigenvalue weighted by Crippen LogP contribution is -2.40. The summed E-state index contributed by atoms with van der Waals surface area (Å²) in [6, 6.07) is 2.04. The van der Waals surface area contributed by atoms with Crippen molar-refractivity contribution in [1.82, 2.24) is 5.32 Å². The van der Waals surface area contributed by atoms with E-state index in [0.29, 0.717) is 0 Å². The minimum Gasteiger partial charge on any atom is -0.349 e. The molecule has 6 nitrogen and oxygen atoms in total. The van der Waals surface area contributed by atoms with Crippen molar-refractivity contribution in [3.05, 3.63) is 39.2 Å². The van der Waals surface area contributed by atoms with Gasteiger partial charge in [0, 0.05) is 17.6 Å². The molecule has 0 bridgehead atoms. The number of aryl methyl sites for hydroxylation is 1. The lowest BCUT2D eigenvalue weighted by Gasteiger charge is -2.26. The Kier molecular flexibility index (Phi) is 6.25. The molecule has 1 aliphatic rings. The zero-order chi connectivity index (χ0) is 15.6. The molecule has 1 aromatic rings. The van der Waals surface area contributed by atoms with Crippen molar-refractivity contribution in [3.63, 3.8) is 0 Å². The van der Waals surface area contributed by atoms with E-state index in [4.69, 9.17) is 5.73 Å². The van der Waals surface area contributed by atoms with Gasteiger partial charge in [0.2, 0.25) is 0 Å². The molecule has 8 heteroatoms. The predicted molar refractivity (Wildman–Crippen MR) is 82.7 cm³/mol. The van der Waals surface area contributed by atoms with Gasteiger partial charge in [0.05, 0.1) is 4.92 Å². The van der Waals surface area contributed by atoms with Gasteiger partial charge in [-0.05, 0) is 44.7 Å². The molecular formula is C14H19ClFN3O3. The number of nitro groups is 1. The first kappa shape index (κ1) is 18.3. The summed E-state index contributed by atoms with van der Waals surface area (Å²) in [6.45, 7) is 1.41. The first-order valence-corrected chi connectivity index (χ1v) is 6.89. The first-order chi connectivity index (χ1) is 9.88. The van der Waals surface area contributed by atoms with E-state index in [1.807, 2.05) is 0 Å². The molecule has 0 saturated heterocycles. The summed E-state index contributed by atoms with van der Waals surface area (Å²) >= 11 is 0. The van der Waals surface area contributed by atoms with E-state index in [2.05, 4.69) is 5.32 Å². The highest BCUT2D eigenvalue weighted by Gasteiger charge is 2.27. The predicted octanol–water partition coefficient (Wildman–Crippen LogP) is 2.46. The number of rotatable bonds is 3. The second kappa shape index (κ2) is 7.51. The third kappa shape index (κ3) is 4.14. The fraction of sp³-hybridized carbons (Fsp3) is 0.500. The Morgan fingerprint density at radius 1 is 1.36 bits per heavy atom. The van der Waals surface area contributed by atoms with Gasteiger partial charge < -0.3 is 11.1 Å². The number of nitrogens with zero attached hydrogens (tertiary/aromatic N) is 1. The van der Waals surface area contributed by atoms with Gasteiger partial charge in [0.25, 0.3) is 11.6 Å². The summed E-state index contributed by atoms with van der Waals surface area (Å²) in [7, 11) is 0. The summed E-state index contributed by atoms with van der Waals surface area (Å²) in [4.78, 5) is 22.6. The van der Waals surface area contributed by atoms with Crippen LogP contribution in [0.3, 0.4) is 0 Å². The lowest BCUT2D eigenvalue weighted by atomic mass is 9.91. The van der Waals surface area contributed by atoms with Crippen molar-refractivity contribution in [2.75, 3.05) is 0 Å². The molecule has 0 heterocycles. The summed E-state index contributed by atoms with van der Waals surface area (Å²) in [5.74, 6) is -1.27. The van der Waals surface area contributed by atoms with Gasteiger partial charge in [-0.2, -0.15) is 0 Å². The molecule has 0 aliphatic heterocycles. The number of halogens is 2. The Bertz CT molecular complexity index is 575. The van der Waals surface area contributed by atoms with E-state index < -0.39 is 16.6 Å². The molecule has 3 N–H and O–H groups in total. The number of benzene rings is 1. The van der Waals surface area contributed by atoms with Crippen LogP contribution in [0.2, 0.25) is 0 Å². The summed E-state index contributed by atoms with van der Waals surface area (Å²) in [6.07, 6.45) is 3.06. The van der Waals surface area contributed by atoms with Crippen LogP contribution in [0, 0.1) is 22.9 Å². The Labute approximate surface area is 133 Å². The summed E-state index contributed by atoms with van der Waals surface area (Å²) < 4.78 is 13.4. The molecular weight excluding hydrogens is 313 g/mol. The smallest absolute Gasteiger partial charge is 0.285 e. The number of nitro benzene ring substituents is 1. The molecule has 1 amide bonds. The number of amides is 1. The van der Waals surface area contributed by atoms with Crippen LogP contribution in [0.4, 0.5) is 10.1 Å². The second-order valence-corrected chi connectivity index (χ2v) is 5.46. The van der Waals surface area contributed by atoms with Gasteiger partial charge in [-0.1, -0.05) is 0 Å². The molecule has 22 heavy (non-hydrogen) atoms. The summed E-state index contributed by atoms with van der Waals surface area (Å²) in [5.41, 5.74) is 5.35. The Morgan fingerprint density at radius 2 is 1.95 bits per heavy atom. The van der Waals surface area contributed by atoms with Crippen molar-refractivity contribution >= 4 is 24.0 Å². The van der Waals surface area contributed by atoms with E-state index in [1.54, 1.807) is 0 Å². The van der Waals surface area contributed by atoms with E-state index in [0.717, 1.165) is 37.8 Å². The largest absolute Gasteiger partial charge is 0.349 e. The van der Waals surface area contributed by atoms with Crippen molar-refractivity contribution in [2.45, 2.75) is 44.7 Å². The van der Waals surface area contributed by atoms with E-state index in [9.17, 15) is 19.3 Å². The Balaban J connectivity index is 0.00000242. The molecule has 1 saturated carbocycles. The van der Waals surface area contributed by atoms with Crippen LogP contribution in [0.1, 0.15) is 41.6 Å². The highest BCUT2D eigenvalue weighted by molar-refractivity contribution is 5.98. The number of carbonyl (C=O) groups is 1. The highest BCUT2D eigenvalue weighted by atomic mass is 35.5. The molecule has 1 aromatic carbocycles. The minimum absolute atomic E-state index is 0. The topological polar surface area (TPSA) is 98.3 Å². The molecule has 1 fully saturated rings. The van der Waals surface area contributed by atoms with Gasteiger partial charge in [0.15, 0.2) is 0 Å². The number of nitrogens with two attached hydrogens (primary N) is 1. The Hall–Kier alpha value is -1.73. The number of nitrogens with one attached hydrogen (secondary N) is 1. The fourth-order valence-electron chi connectivity index (χ4n) is 2.68. The molecule has 122 valence electrons. The quantitative estimate of drug-likeness (QED) is 0.656. The maximum atomic E-state index is 13.4. The van der Waals surface area contributed by atoms with E-state index in [-0.39, 0.29) is 41.3 Å². The lowest BCUT2D eigenvalue weighted by molar-refractivity contribution is -0.385.